The van der Waals surface area contributed by atoms with Crippen molar-refractivity contribution in [1.29, 1.82) is 0 Å². The average molecular weight is 254 g/mol. The lowest BCUT2D eigenvalue weighted by molar-refractivity contribution is 0.0320. The van der Waals surface area contributed by atoms with Gasteiger partial charge in [0.05, 0.1) is 13.2 Å². The second kappa shape index (κ2) is 8.94. The van der Waals surface area contributed by atoms with E-state index >= 15 is 0 Å². The van der Waals surface area contributed by atoms with E-state index in [-0.39, 0.29) is 0 Å². The molecule has 0 aliphatic carbocycles. The zero-order chi connectivity index (χ0) is 13.2. The van der Waals surface area contributed by atoms with Gasteiger partial charge in [-0.3, -0.25) is 9.89 Å². The molecule has 5 nitrogen and oxygen atoms in total. The molecule has 0 radical (unpaired) electrons. The predicted molar refractivity (Wildman–Crippen MR) is 76.0 cm³/mol. The molecule has 1 unspecified atom stereocenters. The number of nitrogens with one attached hydrogen (secondary N) is 2. The normalized spacial score (nSPS) is 19.3. The highest BCUT2D eigenvalue weighted by Crippen LogP contribution is 2.02. The van der Waals surface area contributed by atoms with E-state index in [1.165, 1.54) is 0 Å². The molecule has 0 saturated carbocycles. The maximum atomic E-state index is 5.35. The van der Waals surface area contributed by atoms with Crippen molar-refractivity contribution < 1.29 is 4.74 Å². The molecule has 2 N–H and O–H groups in total. The van der Waals surface area contributed by atoms with E-state index in [1.54, 1.807) is 7.05 Å². The zero-order valence-corrected chi connectivity index (χ0v) is 11.6. The van der Waals surface area contributed by atoms with Crippen molar-refractivity contribution >= 4 is 5.96 Å². The predicted octanol–water partition coefficient (Wildman–Crippen LogP) is 0.306. The number of guanidine groups is 1. The van der Waals surface area contributed by atoms with Crippen LogP contribution in [-0.4, -0.2) is 63.8 Å². The summed E-state index contributed by atoms with van der Waals surface area (Å²) in [6.45, 7) is 12.5. The fourth-order valence-corrected chi connectivity index (χ4v) is 1.95. The molecule has 1 atom stereocenters. The van der Waals surface area contributed by atoms with Crippen LogP contribution in [0.25, 0.3) is 0 Å². The monoisotopic (exact) mass is 254 g/mol. The third-order valence-corrected chi connectivity index (χ3v) is 2.93. The highest BCUT2D eigenvalue weighted by Gasteiger charge is 2.13. The van der Waals surface area contributed by atoms with Gasteiger partial charge in [-0.2, -0.15) is 0 Å². The van der Waals surface area contributed by atoms with Crippen LogP contribution in [0, 0.1) is 5.92 Å². The van der Waals surface area contributed by atoms with Crippen molar-refractivity contribution in [2.24, 2.45) is 10.9 Å². The summed E-state index contributed by atoms with van der Waals surface area (Å²) in [5.41, 5.74) is 0. The minimum absolute atomic E-state index is 0.588. The van der Waals surface area contributed by atoms with Gasteiger partial charge in [0, 0.05) is 39.8 Å². The molecule has 18 heavy (non-hydrogen) atoms. The third-order valence-electron chi connectivity index (χ3n) is 2.93. The summed E-state index contributed by atoms with van der Waals surface area (Å²) in [5.74, 6) is 1.43. The lowest BCUT2D eigenvalue weighted by Gasteiger charge is -2.29. The Hall–Kier alpha value is -1.07. The van der Waals surface area contributed by atoms with Crippen molar-refractivity contribution in [2.75, 3.05) is 53.0 Å². The quantitative estimate of drug-likeness (QED) is 0.407. The van der Waals surface area contributed by atoms with E-state index < -0.39 is 0 Å². The van der Waals surface area contributed by atoms with Gasteiger partial charge in [-0.1, -0.05) is 13.0 Å². The lowest BCUT2D eigenvalue weighted by atomic mass is 10.1. The van der Waals surface area contributed by atoms with E-state index in [1.807, 2.05) is 6.08 Å². The summed E-state index contributed by atoms with van der Waals surface area (Å²) >= 11 is 0. The Bertz CT molecular complexity index is 262. The van der Waals surface area contributed by atoms with Crippen LogP contribution in [-0.2, 0) is 4.74 Å². The van der Waals surface area contributed by atoms with Gasteiger partial charge in [0.25, 0.3) is 0 Å². The molecule has 104 valence electrons. The van der Waals surface area contributed by atoms with E-state index in [0.717, 1.165) is 51.9 Å². The third kappa shape index (κ3) is 6.02. The van der Waals surface area contributed by atoms with Gasteiger partial charge in [-0.05, 0) is 5.92 Å². The van der Waals surface area contributed by atoms with E-state index in [0.29, 0.717) is 5.92 Å². The zero-order valence-electron chi connectivity index (χ0n) is 11.6. The smallest absolute Gasteiger partial charge is 0.191 e. The fraction of sp³-hybridized carbons (Fsp3) is 0.769. The Balaban J connectivity index is 2.18. The standard InChI is InChI=1S/C13H26N4O/c1-4-5-15-13(14-3)16-10-12(2)11-17-6-8-18-9-7-17/h4,12H,1,5-11H2,2-3H3,(H2,14,15,16). The first-order chi connectivity index (χ1) is 8.76. The van der Waals surface area contributed by atoms with Crippen LogP contribution in [0.4, 0.5) is 0 Å². The van der Waals surface area contributed by atoms with Crippen molar-refractivity contribution in [2.45, 2.75) is 6.92 Å². The summed E-state index contributed by atoms with van der Waals surface area (Å²) in [4.78, 5) is 6.61. The Morgan fingerprint density at radius 2 is 2.17 bits per heavy atom. The molecular weight excluding hydrogens is 228 g/mol. The van der Waals surface area contributed by atoms with Crippen molar-refractivity contribution in [1.82, 2.24) is 15.5 Å². The van der Waals surface area contributed by atoms with Gasteiger partial charge in [-0.15, -0.1) is 6.58 Å². The minimum Gasteiger partial charge on any atom is -0.379 e. The van der Waals surface area contributed by atoms with Crippen molar-refractivity contribution in [3.63, 3.8) is 0 Å². The Kier molecular flexibility index (Phi) is 7.44. The fourth-order valence-electron chi connectivity index (χ4n) is 1.95. The number of rotatable bonds is 6. The summed E-state index contributed by atoms with van der Waals surface area (Å²) in [6.07, 6.45) is 1.82. The van der Waals surface area contributed by atoms with E-state index in [9.17, 15) is 0 Å². The van der Waals surface area contributed by atoms with Gasteiger partial charge in [0.15, 0.2) is 5.96 Å². The van der Waals surface area contributed by atoms with Gasteiger partial charge < -0.3 is 15.4 Å². The van der Waals surface area contributed by atoms with Crippen LogP contribution in [0.2, 0.25) is 0 Å². The highest BCUT2D eigenvalue weighted by molar-refractivity contribution is 5.79. The number of hydrogen-bond donors (Lipinski definition) is 2. The van der Waals surface area contributed by atoms with Gasteiger partial charge in [0.2, 0.25) is 0 Å². The Morgan fingerprint density at radius 3 is 2.78 bits per heavy atom. The van der Waals surface area contributed by atoms with Gasteiger partial charge in [0.1, 0.15) is 0 Å². The second-order valence-electron chi connectivity index (χ2n) is 4.64. The first kappa shape index (κ1) is 15.0. The SMILES string of the molecule is C=CCNC(=NC)NCC(C)CN1CCOCC1. The van der Waals surface area contributed by atoms with Crippen LogP contribution in [0.3, 0.4) is 0 Å². The molecule has 1 heterocycles. The number of aliphatic imine (C=N–C) groups is 1. The first-order valence-corrected chi connectivity index (χ1v) is 6.61. The average Bonchev–Trinajstić information content (AvgIpc) is 2.40. The summed E-state index contributed by atoms with van der Waals surface area (Å²) in [6, 6.07) is 0. The second-order valence-corrected chi connectivity index (χ2v) is 4.64. The van der Waals surface area contributed by atoms with Crippen LogP contribution >= 0.6 is 0 Å². The molecule has 0 aromatic heterocycles. The van der Waals surface area contributed by atoms with Crippen LogP contribution in [0.1, 0.15) is 6.92 Å². The molecule has 0 bridgehead atoms. The maximum absolute atomic E-state index is 5.35. The molecule has 0 aromatic rings. The number of ether oxygens (including phenoxy) is 1. The summed E-state index contributed by atoms with van der Waals surface area (Å²) in [5, 5.41) is 6.49. The molecule has 1 aliphatic rings. The number of morpholine rings is 1. The molecular formula is C13H26N4O. The molecule has 0 aromatic carbocycles. The molecule has 1 saturated heterocycles. The molecule has 1 rings (SSSR count). The number of nitrogens with zero attached hydrogens (tertiary/aromatic N) is 2. The maximum Gasteiger partial charge on any atom is 0.191 e. The van der Waals surface area contributed by atoms with Crippen LogP contribution in [0.15, 0.2) is 17.6 Å². The molecule has 1 fully saturated rings. The minimum atomic E-state index is 0.588. The molecule has 1 aliphatic heterocycles. The molecule has 0 spiro atoms. The van der Waals surface area contributed by atoms with Gasteiger partial charge in [-0.25, -0.2) is 0 Å². The van der Waals surface area contributed by atoms with Crippen molar-refractivity contribution in [3.8, 4) is 0 Å². The largest absolute Gasteiger partial charge is 0.379 e. The van der Waals surface area contributed by atoms with E-state index in [2.05, 4.69) is 34.0 Å². The first-order valence-electron chi connectivity index (χ1n) is 6.61. The van der Waals surface area contributed by atoms with Crippen LogP contribution < -0.4 is 10.6 Å². The topological polar surface area (TPSA) is 48.9 Å². The molecule has 5 heteroatoms. The van der Waals surface area contributed by atoms with E-state index in [4.69, 9.17) is 4.74 Å². The van der Waals surface area contributed by atoms with Crippen molar-refractivity contribution in [3.05, 3.63) is 12.7 Å². The molecule has 0 amide bonds. The number of hydrogen-bond acceptors (Lipinski definition) is 3. The van der Waals surface area contributed by atoms with Crippen LogP contribution in [0.5, 0.6) is 0 Å². The summed E-state index contributed by atoms with van der Waals surface area (Å²) < 4.78 is 5.35. The Labute approximate surface area is 110 Å². The van der Waals surface area contributed by atoms with Gasteiger partial charge >= 0.3 is 0 Å². The Morgan fingerprint density at radius 1 is 1.44 bits per heavy atom. The summed E-state index contributed by atoms with van der Waals surface area (Å²) in [7, 11) is 1.78. The lowest BCUT2D eigenvalue weighted by Crippen LogP contribution is -2.43. The highest BCUT2D eigenvalue weighted by atomic mass is 16.5.